The molecule has 0 saturated heterocycles. The molecule has 0 fully saturated rings. The van der Waals surface area contributed by atoms with Crippen LogP contribution < -0.4 is 0 Å². The summed E-state index contributed by atoms with van der Waals surface area (Å²) in [4.78, 5) is 72.1. The van der Waals surface area contributed by atoms with E-state index in [1.54, 1.807) is 0 Å². The SMILES string of the molecule is CCCCCCCCCCC(=O)OC[C@H](COP(=O)(O)OC[C@H](O)COP(=O)(O)OC[C@@H](COC(=O)CCCCCCCCCCC(C)CC)OC(=O)CCCCCCCCCCCCCC(C)C)OC(=O)CCCCCCCCC(C)C. The van der Waals surface area contributed by atoms with Crippen LogP contribution in [-0.4, -0.2) is 96.7 Å². The van der Waals surface area contributed by atoms with Crippen LogP contribution in [-0.2, 0) is 65.4 Å². The van der Waals surface area contributed by atoms with Crippen molar-refractivity contribution < 1.29 is 80.2 Å². The topological polar surface area (TPSA) is 237 Å². The smallest absolute Gasteiger partial charge is 0.462 e. The Morgan fingerprint density at radius 1 is 0.349 bits per heavy atom. The van der Waals surface area contributed by atoms with E-state index in [-0.39, 0.29) is 25.7 Å². The average Bonchev–Trinajstić information content (AvgIpc) is 3.44. The highest BCUT2D eigenvalue weighted by Gasteiger charge is 2.30. The Morgan fingerprint density at radius 3 is 0.916 bits per heavy atom. The first-order chi connectivity index (χ1) is 39.8. The molecule has 0 radical (unpaired) electrons. The van der Waals surface area contributed by atoms with Gasteiger partial charge < -0.3 is 33.8 Å². The minimum atomic E-state index is -4.95. The average molecular weight is 1230 g/mol. The maximum atomic E-state index is 13.0. The van der Waals surface area contributed by atoms with Crippen molar-refractivity contribution in [3.8, 4) is 0 Å². The molecule has 0 aliphatic rings. The van der Waals surface area contributed by atoms with E-state index in [1.165, 1.54) is 116 Å². The van der Waals surface area contributed by atoms with Gasteiger partial charge in [-0.1, -0.05) is 260 Å². The Kier molecular flexibility index (Phi) is 54.1. The number of phosphoric acid groups is 2. The van der Waals surface area contributed by atoms with Crippen LogP contribution in [0.3, 0.4) is 0 Å². The number of carbonyl (C=O) groups excluding carboxylic acids is 4. The molecule has 0 aromatic heterocycles. The Labute approximate surface area is 505 Å². The van der Waals surface area contributed by atoms with E-state index in [0.29, 0.717) is 31.6 Å². The number of aliphatic hydroxyl groups is 1. The molecule has 492 valence electrons. The van der Waals surface area contributed by atoms with Crippen LogP contribution in [0.15, 0.2) is 0 Å². The number of carbonyl (C=O) groups is 4. The van der Waals surface area contributed by atoms with Crippen molar-refractivity contribution in [2.24, 2.45) is 17.8 Å². The van der Waals surface area contributed by atoms with E-state index < -0.39 is 97.5 Å². The number of hydrogen-bond acceptors (Lipinski definition) is 15. The zero-order chi connectivity index (χ0) is 61.7. The number of ether oxygens (including phenoxy) is 4. The van der Waals surface area contributed by atoms with Crippen LogP contribution in [0.5, 0.6) is 0 Å². The summed E-state index contributed by atoms with van der Waals surface area (Å²) in [6, 6.07) is 0. The molecular formula is C64H124O17P2. The summed E-state index contributed by atoms with van der Waals surface area (Å²) in [6.45, 7) is 11.7. The van der Waals surface area contributed by atoms with Crippen LogP contribution >= 0.6 is 15.6 Å². The van der Waals surface area contributed by atoms with E-state index in [1.807, 2.05) is 0 Å². The van der Waals surface area contributed by atoms with E-state index in [2.05, 4.69) is 48.5 Å². The summed E-state index contributed by atoms with van der Waals surface area (Å²) in [5, 5.41) is 10.5. The molecule has 6 atom stereocenters. The quantitative estimate of drug-likeness (QED) is 0.0222. The normalized spacial score (nSPS) is 14.7. The first-order valence-corrected chi connectivity index (χ1v) is 36.4. The summed E-state index contributed by atoms with van der Waals surface area (Å²) in [5.41, 5.74) is 0. The first-order valence-electron chi connectivity index (χ1n) is 33.4. The van der Waals surface area contributed by atoms with Gasteiger partial charge in [0.1, 0.15) is 19.3 Å². The molecule has 0 bridgehead atoms. The highest BCUT2D eigenvalue weighted by atomic mass is 31.2. The predicted molar refractivity (Wildman–Crippen MR) is 331 cm³/mol. The van der Waals surface area contributed by atoms with Crippen LogP contribution in [0.2, 0.25) is 0 Å². The van der Waals surface area contributed by atoms with E-state index in [9.17, 15) is 43.2 Å². The fraction of sp³-hybridized carbons (Fsp3) is 0.938. The van der Waals surface area contributed by atoms with Gasteiger partial charge in [0, 0.05) is 25.7 Å². The van der Waals surface area contributed by atoms with Gasteiger partial charge in [0.2, 0.25) is 0 Å². The van der Waals surface area contributed by atoms with Crippen molar-refractivity contribution in [2.45, 2.75) is 330 Å². The van der Waals surface area contributed by atoms with Gasteiger partial charge in [-0.05, 0) is 43.4 Å². The summed E-state index contributed by atoms with van der Waals surface area (Å²) in [5.74, 6) is 0.0707. The fourth-order valence-corrected chi connectivity index (χ4v) is 11.0. The van der Waals surface area contributed by atoms with Gasteiger partial charge >= 0.3 is 39.5 Å². The Bertz CT molecular complexity index is 1650. The van der Waals surface area contributed by atoms with Crippen LogP contribution in [0.4, 0.5) is 0 Å². The number of hydrogen-bond donors (Lipinski definition) is 3. The zero-order valence-electron chi connectivity index (χ0n) is 53.6. The maximum Gasteiger partial charge on any atom is 0.472 e. The fourth-order valence-electron chi connectivity index (χ4n) is 9.45. The van der Waals surface area contributed by atoms with Crippen LogP contribution in [0, 0.1) is 17.8 Å². The van der Waals surface area contributed by atoms with Crippen LogP contribution in [0.1, 0.15) is 312 Å². The molecule has 17 nitrogen and oxygen atoms in total. The second-order valence-corrected chi connectivity index (χ2v) is 27.3. The second kappa shape index (κ2) is 55.4. The summed E-state index contributed by atoms with van der Waals surface area (Å²) in [7, 11) is -9.89. The molecule has 0 aliphatic carbocycles. The monoisotopic (exact) mass is 1230 g/mol. The molecule has 0 rings (SSSR count). The van der Waals surface area contributed by atoms with Crippen molar-refractivity contribution in [1.82, 2.24) is 0 Å². The molecule has 0 amide bonds. The van der Waals surface area contributed by atoms with Gasteiger partial charge in [0.05, 0.1) is 26.4 Å². The summed E-state index contributed by atoms with van der Waals surface area (Å²) < 4.78 is 67.9. The number of aliphatic hydroxyl groups excluding tert-OH is 1. The molecule has 19 heteroatoms. The number of rotatable bonds is 62. The van der Waals surface area contributed by atoms with Crippen molar-refractivity contribution in [3.63, 3.8) is 0 Å². The Morgan fingerprint density at radius 2 is 0.614 bits per heavy atom. The highest BCUT2D eigenvalue weighted by Crippen LogP contribution is 2.45. The number of unbranched alkanes of at least 4 members (excludes halogenated alkanes) is 29. The lowest BCUT2D eigenvalue weighted by molar-refractivity contribution is -0.161. The number of esters is 4. The molecule has 3 N–H and O–H groups in total. The first kappa shape index (κ1) is 81.1. The molecule has 0 heterocycles. The van der Waals surface area contributed by atoms with Gasteiger partial charge in [0.15, 0.2) is 12.2 Å². The number of phosphoric ester groups is 2. The zero-order valence-corrected chi connectivity index (χ0v) is 55.4. The molecule has 0 aromatic rings. The Balaban J connectivity index is 5.23. The summed E-state index contributed by atoms with van der Waals surface area (Å²) in [6.07, 6.45) is 36.3. The standard InChI is InChI=1S/C64H124O17P2/c1-8-10-11-12-13-23-31-38-45-61(66)74-52-60(81-64(69)48-41-34-27-26-29-36-43-56(5)6)54-79-83(72,73)77-50-58(65)49-76-82(70,71)78-53-59(51-75-62(67)46-39-32-24-20-19-22-30-37-44-57(7)9-2)80-63(68)47-40-33-25-18-16-14-15-17-21-28-35-42-55(3)4/h55-60,65H,8-54H2,1-7H3,(H,70,71)(H,72,73)/t57?,58-,59-,60-/m1/s1. The largest absolute Gasteiger partial charge is 0.472 e. The summed E-state index contributed by atoms with van der Waals surface area (Å²) >= 11 is 0. The minimum Gasteiger partial charge on any atom is -0.462 e. The van der Waals surface area contributed by atoms with Crippen molar-refractivity contribution in [2.75, 3.05) is 39.6 Å². The second-order valence-electron chi connectivity index (χ2n) is 24.3. The van der Waals surface area contributed by atoms with Crippen molar-refractivity contribution in [3.05, 3.63) is 0 Å². The molecule has 3 unspecified atom stereocenters. The molecule has 0 spiro atoms. The Hall–Kier alpha value is -1.94. The predicted octanol–water partition coefficient (Wildman–Crippen LogP) is 17.5. The van der Waals surface area contributed by atoms with E-state index in [4.69, 9.17) is 37.0 Å². The third-order valence-corrected chi connectivity index (χ3v) is 16.9. The molecule has 0 aliphatic heterocycles. The van der Waals surface area contributed by atoms with Crippen molar-refractivity contribution in [1.29, 1.82) is 0 Å². The third kappa shape index (κ3) is 57.6. The third-order valence-electron chi connectivity index (χ3n) is 15.0. The van der Waals surface area contributed by atoms with Crippen LogP contribution in [0.25, 0.3) is 0 Å². The molecular weight excluding hydrogens is 1100 g/mol. The van der Waals surface area contributed by atoms with Gasteiger partial charge in [-0.2, -0.15) is 0 Å². The van der Waals surface area contributed by atoms with Crippen molar-refractivity contribution >= 4 is 39.5 Å². The van der Waals surface area contributed by atoms with Gasteiger partial charge in [-0.25, -0.2) is 9.13 Å². The van der Waals surface area contributed by atoms with E-state index in [0.717, 1.165) is 108 Å². The molecule has 0 saturated carbocycles. The van der Waals surface area contributed by atoms with Gasteiger partial charge in [-0.15, -0.1) is 0 Å². The van der Waals surface area contributed by atoms with Gasteiger partial charge in [-0.3, -0.25) is 37.3 Å². The highest BCUT2D eigenvalue weighted by molar-refractivity contribution is 7.47. The van der Waals surface area contributed by atoms with E-state index >= 15 is 0 Å². The van der Waals surface area contributed by atoms with Gasteiger partial charge in [0.25, 0.3) is 0 Å². The minimum absolute atomic E-state index is 0.101. The maximum absolute atomic E-state index is 13.0. The molecule has 0 aromatic carbocycles. The lowest BCUT2D eigenvalue weighted by Gasteiger charge is -2.21. The lowest BCUT2D eigenvalue weighted by Crippen LogP contribution is -2.30. The molecule has 83 heavy (non-hydrogen) atoms. The lowest BCUT2D eigenvalue weighted by atomic mass is 9.99.